The van der Waals surface area contributed by atoms with Crippen molar-refractivity contribution in [3.63, 3.8) is 0 Å². The summed E-state index contributed by atoms with van der Waals surface area (Å²) in [5, 5.41) is 6.31. The number of thiazole rings is 1. The standard InChI is InChI=1S/C19H28N4O2S2.HI/c1-5-20-19(21-11-12-27(24)17-9-7-6-8-10-17)23(3)13-16-14-26-18(22-16)15(2)25-4;/h6-10,14-15H,5,11-13H2,1-4H3,(H,20,21);1H. The summed E-state index contributed by atoms with van der Waals surface area (Å²) >= 11 is 1.61. The van der Waals surface area contributed by atoms with Crippen LogP contribution >= 0.6 is 35.3 Å². The third-order valence-electron chi connectivity index (χ3n) is 3.91. The summed E-state index contributed by atoms with van der Waals surface area (Å²) in [7, 11) is 2.63. The number of nitrogens with zero attached hydrogens (tertiary/aromatic N) is 3. The molecule has 0 saturated heterocycles. The van der Waals surface area contributed by atoms with Gasteiger partial charge in [0.05, 0.1) is 29.6 Å². The number of benzene rings is 1. The first-order valence-corrected chi connectivity index (χ1v) is 11.1. The molecular formula is C19H29IN4O2S2. The van der Waals surface area contributed by atoms with E-state index in [4.69, 9.17) is 4.74 Å². The molecule has 0 aliphatic rings. The smallest absolute Gasteiger partial charge is 0.194 e. The van der Waals surface area contributed by atoms with Crippen molar-refractivity contribution >= 4 is 52.1 Å². The summed E-state index contributed by atoms with van der Waals surface area (Å²) in [6.45, 7) is 5.95. The predicted molar refractivity (Wildman–Crippen MR) is 128 cm³/mol. The number of methoxy groups -OCH3 is 1. The van der Waals surface area contributed by atoms with Crippen LogP contribution in [0.15, 0.2) is 45.6 Å². The van der Waals surface area contributed by atoms with Crippen molar-refractivity contribution in [1.29, 1.82) is 0 Å². The van der Waals surface area contributed by atoms with Gasteiger partial charge in [-0.15, -0.1) is 35.3 Å². The zero-order chi connectivity index (χ0) is 19.6. The molecule has 1 aromatic carbocycles. The van der Waals surface area contributed by atoms with Crippen molar-refractivity contribution < 1.29 is 8.95 Å². The van der Waals surface area contributed by atoms with E-state index in [1.807, 2.05) is 56.1 Å². The maximum atomic E-state index is 12.3. The van der Waals surface area contributed by atoms with Crippen LogP contribution in [0.1, 0.15) is 30.7 Å². The lowest BCUT2D eigenvalue weighted by Crippen LogP contribution is -2.38. The highest BCUT2D eigenvalue weighted by Gasteiger charge is 2.13. The molecule has 0 amide bonds. The van der Waals surface area contributed by atoms with Gasteiger partial charge in [0.2, 0.25) is 0 Å². The molecule has 0 bridgehead atoms. The van der Waals surface area contributed by atoms with E-state index in [0.29, 0.717) is 18.8 Å². The zero-order valence-electron chi connectivity index (χ0n) is 16.8. The Labute approximate surface area is 191 Å². The fourth-order valence-corrected chi connectivity index (χ4v) is 4.19. The summed E-state index contributed by atoms with van der Waals surface area (Å²) in [4.78, 5) is 12.1. The van der Waals surface area contributed by atoms with Gasteiger partial charge in [-0.1, -0.05) is 18.2 Å². The van der Waals surface area contributed by atoms with Crippen LogP contribution in [0.25, 0.3) is 0 Å². The van der Waals surface area contributed by atoms with Crippen LogP contribution in [0.5, 0.6) is 0 Å². The minimum atomic E-state index is -1.04. The minimum Gasteiger partial charge on any atom is -0.375 e. The van der Waals surface area contributed by atoms with E-state index in [2.05, 4.69) is 20.7 Å². The zero-order valence-corrected chi connectivity index (χ0v) is 20.7. The van der Waals surface area contributed by atoms with E-state index in [9.17, 15) is 4.21 Å². The molecule has 28 heavy (non-hydrogen) atoms. The monoisotopic (exact) mass is 536 g/mol. The Kier molecular flexibility index (Phi) is 11.8. The molecule has 1 aromatic heterocycles. The highest BCUT2D eigenvalue weighted by molar-refractivity contribution is 14.0. The number of guanidine groups is 1. The lowest BCUT2D eigenvalue weighted by atomic mass is 10.4. The van der Waals surface area contributed by atoms with E-state index < -0.39 is 10.8 Å². The van der Waals surface area contributed by atoms with Crippen LogP contribution in [-0.4, -0.2) is 53.1 Å². The number of hydrogen-bond acceptors (Lipinski definition) is 5. The molecule has 9 heteroatoms. The van der Waals surface area contributed by atoms with E-state index in [0.717, 1.165) is 28.1 Å². The van der Waals surface area contributed by atoms with Gasteiger partial charge >= 0.3 is 0 Å². The van der Waals surface area contributed by atoms with E-state index >= 15 is 0 Å². The van der Waals surface area contributed by atoms with Gasteiger partial charge in [0.1, 0.15) is 11.1 Å². The predicted octanol–water partition coefficient (Wildman–Crippen LogP) is 3.67. The molecule has 156 valence electrons. The van der Waals surface area contributed by atoms with Gasteiger partial charge in [0.25, 0.3) is 0 Å². The average molecular weight is 537 g/mol. The van der Waals surface area contributed by atoms with Crippen molar-refractivity contribution in [3.8, 4) is 0 Å². The molecule has 0 saturated carbocycles. The van der Waals surface area contributed by atoms with Crippen LogP contribution in [-0.2, 0) is 22.1 Å². The Balaban J connectivity index is 0.00000392. The summed E-state index contributed by atoms with van der Waals surface area (Å²) in [6.07, 6.45) is 0.00364. The molecule has 0 radical (unpaired) electrons. The third-order valence-corrected chi connectivity index (χ3v) is 6.32. The van der Waals surface area contributed by atoms with Gasteiger partial charge in [0, 0.05) is 36.7 Å². The highest BCUT2D eigenvalue weighted by atomic mass is 127. The number of ether oxygens (including phenoxy) is 1. The summed E-state index contributed by atoms with van der Waals surface area (Å²) in [5.41, 5.74) is 0.986. The quantitative estimate of drug-likeness (QED) is 0.301. The van der Waals surface area contributed by atoms with Crippen LogP contribution in [0, 0.1) is 0 Å². The van der Waals surface area contributed by atoms with Crippen molar-refractivity contribution in [3.05, 3.63) is 46.4 Å². The van der Waals surface area contributed by atoms with Crippen molar-refractivity contribution in [2.45, 2.75) is 31.4 Å². The van der Waals surface area contributed by atoms with Crippen LogP contribution in [0.2, 0.25) is 0 Å². The number of hydrogen-bond donors (Lipinski definition) is 1. The van der Waals surface area contributed by atoms with Crippen LogP contribution in [0.3, 0.4) is 0 Å². The molecule has 0 spiro atoms. The summed E-state index contributed by atoms with van der Waals surface area (Å²) in [6, 6.07) is 9.51. The maximum absolute atomic E-state index is 12.3. The second-order valence-corrected chi connectivity index (χ2v) is 8.47. The summed E-state index contributed by atoms with van der Waals surface area (Å²) in [5.74, 6) is 1.29. The fraction of sp³-hybridized carbons (Fsp3) is 0.474. The lowest BCUT2D eigenvalue weighted by Gasteiger charge is -2.21. The van der Waals surface area contributed by atoms with Gasteiger partial charge in [-0.3, -0.25) is 9.20 Å². The summed E-state index contributed by atoms with van der Waals surface area (Å²) < 4.78 is 17.6. The van der Waals surface area contributed by atoms with Gasteiger partial charge in [0.15, 0.2) is 5.96 Å². The Morgan fingerprint density at radius 3 is 2.75 bits per heavy atom. The normalized spacial score (nSPS) is 13.5. The SMILES string of the molecule is CCNC(=NCCS(=O)c1ccccc1)N(C)Cc1csc(C(C)OC)n1.I. The molecule has 0 fully saturated rings. The van der Waals surface area contributed by atoms with Gasteiger partial charge in [-0.25, -0.2) is 4.98 Å². The lowest BCUT2D eigenvalue weighted by molar-refractivity contribution is 0.119. The van der Waals surface area contributed by atoms with Crippen molar-refractivity contribution in [2.24, 2.45) is 4.99 Å². The average Bonchev–Trinajstić information content (AvgIpc) is 3.15. The Hall–Kier alpha value is -1.04. The Morgan fingerprint density at radius 1 is 1.39 bits per heavy atom. The van der Waals surface area contributed by atoms with Crippen molar-refractivity contribution in [1.82, 2.24) is 15.2 Å². The Morgan fingerprint density at radius 2 is 2.11 bits per heavy atom. The molecule has 1 N–H and O–H groups in total. The Bertz CT molecular complexity index is 755. The number of aliphatic imine (C=N–C) groups is 1. The third kappa shape index (κ3) is 7.76. The van der Waals surface area contributed by atoms with Gasteiger partial charge in [-0.05, 0) is 26.0 Å². The first-order chi connectivity index (χ1) is 13.0. The molecule has 2 unspecified atom stereocenters. The molecule has 1 heterocycles. The second-order valence-electron chi connectivity index (χ2n) is 6.01. The number of aromatic nitrogens is 1. The largest absolute Gasteiger partial charge is 0.375 e. The number of rotatable bonds is 9. The van der Waals surface area contributed by atoms with Crippen LogP contribution < -0.4 is 5.32 Å². The van der Waals surface area contributed by atoms with Crippen LogP contribution in [0.4, 0.5) is 0 Å². The number of nitrogens with one attached hydrogen (secondary N) is 1. The van der Waals surface area contributed by atoms with Gasteiger partial charge < -0.3 is 15.0 Å². The second kappa shape index (κ2) is 13.2. The minimum absolute atomic E-state index is 0. The molecule has 6 nitrogen and oxygen atoms in total. The van der Waals surface area contributed by atoms with E-state index in [1.165, 1.54) is 0 Å². The van der Waals surface area contributed by atoms with E-state index in [-0.39, 0.29) is 30.1 Å². The molecule has 0 aliphatic heterocycles. The maximum Gasteiger partial charge on any atom is 0.194 e. The first kappa shape index (κ1) is 25.0. The van der Waals surface area contributed by atoms with E-state index in [1.54, 1.807) is 18.4 Å². The van der Waals surface area contributed by atoms with Crippen molar-refractivity contribution in [2.75, 3.05) is 33.0 Å². The first-order valence-electron chi connectivity index (χ1n) is 8.95. The highest BCUT2D eigenvalue weighted by Crippen LogP contribution is 2.20. The molecule has 2 rings (SSSR count). The number of halogens is 1. The molecular weight excluding hydrogens is 507 g/mol. The molecule has 2 aromatic rings. The topological polar surface area (TPSA) is 66.8 Å². The molecule has 2 atom stereocenters. The fourth-order valence-electron chi connectivity index (χ4n) is 2.39. The van der Waals surface area contributed by atoms with Gasteiger partial charge in [-0.2, -0.15) is 0 Å². The molecule has 0 aliphatic carbocycles.